The summed E-state index contributed by atoms with van der Waals surface area (Å²) < 4.78 is 6.23. The number of ether oxygens (including phenoxy) is 1. The van der Waals surface area contributed by atoms with Gasteiger partial charge >= 0.3 is 0 Å². The zero-order valence-electron chi connectivity index (χ0n) is 13.2. The molecule has 0 saturated carbocycles. The van der Waals surface area contributed by atoms with E-state index in [4.69, 9.17) is 9.72 Å². The standard InChI is InChI=1S/C18H14BrN3OS.ClH/c1-23-13-5-3-12(4-6-13)21-18-22-17(10-24-18)15-9-20-16-7-2-11(19)8-14(15)16;/h2-10,20H,1H3,(H,21,22);1H. The Morgan fingerprint density at radius 2 is 1.96 bits per heavy atom. The molecular weight excluding hydrogens is 422 g/mol. The Morgan fingerprint density at radius 1 is 1.16 bits per heavy atom. The van der Waals surface area contributed by atoms with Gasteiger partial charge in [0, 0.05) is 38.2 Å². The Balaban J connectivity index is 0.00000182. The topological polar surface area (TPSA) is 49.9 Å². The van der Waals surface area contributed by atoms with Crippen LogP contribution < -0.4 is 10.1 Å². The number of aromatic nitrogens is 2. The first-order valence-electron chi connectivity index (χ1n) is 7.36. The number of rotatable bonds is 4. The molecule has 0 atom stereocenters. The van der Waals surface area contributed by atoms with E-state index in [1.54, 1.807) is 18.4 Å². The van der Waals surface area contributed by atoms with Gasteiger partial charge in [-0.1, -0.05) is 15.9 Å². The van der Waals surface area contributed by atoms with Gasteiger partial charge in [-0.2, -0.15) is 0 Å². The van der Waals surface area contributed by atoms with E-state index in [2.05, 4.69) is 43.7 Å². The predicted molar refractivity (Wildman–Crippen MR) is 111 cm³/mol. The molecule has 4 nitrogen and oxygen atoms in total. The second kappa shape index (κ2) is 7.47. The normalized spacial score (nSPS) is 10.5. The molecule has 4 rings (SSSR count). The third-order valence-electron chi connectivity index (χ3n) is 3.77. The SMILES string of the molecule is COc1ccc(Nc2nc(-c3c[nH]c4ccc(Br)cc34)cs2)cc1.Cl. The number of aromatic amines is 1. The zero-order chi connectivity index (χ0) is 16.5. The summed E-state index contributed by atoms with van der Waals surface area (Å²) in [5.41, 5.74) is 4.15. The fraction of sp³-hybridized carbons (Fsp3) is 0.0556. The molecule has 2 N–H and O–H groups in total. The highest BCUT2D eigenvalue weighted by molar-refractivity contribution is 9.10. The highest BCUT2D eigenvalue weighted by Gasteiger charge is 2.10. The van der Waals surface area contributed by atoms with Crippen molar-refractivity contribution < 1.29 is 4.74 Å². The average molecular weight is 437 g/mol. The first-order chi connectivity index (χ1) is 11.7. The van der Waals surface area contributed by atoms with Crippen molar-refractivity contribution in [3.63, 3.8) is 0 Å². The van der Waals surface area contributed by atoms with Gasteiger partial charge in [-0.15, -0.1) is 23.7 Å². The van der Waals surface area contributed by atoms with Crippen molar-refractivity contribution in [3.05, 3.63) is 58.5 Å². The average Bonchev–Trinajstić information content (AvgIpc) is 3.22. The van der Waals surface area contributed by atoms with E-state index in [0.29, 0.717) is 0 Å². The predicted octanol–water partition coefficient (Wildman–Crippen LogP) is 6.23. The second-order valence-electron chi connectivity index (χ2n) is 5.28. The largest absolute Gasteiger partial charge is 0.497 e. The molecule has 2 aromatic heterocycles. The van der Waals surface area contributed by atoms with Gasteiger partial charge in [-0.25, -0.2) is 4.98 Å². The number of benzene rings is 2. The summed E-state index contributed by atoms with van der Waals surface area (Å²) in [4.78, 5) is 8.01. The maximum absolute atomic E-state index is 5.17. The van der Waals surface area contributed by atoms with Crippen molar-refractivity contribution in [2.24, 2.45) is 0 Å². The number of halogens is 2. The van der Waals surface area contributed by atoms with Gasteiger partial charge in [-0.3, -0.25) is 0 Å². The summed E-state index contributed by atoms with van der Waals surface area (Å²) in [5, 5.41) is 7.41. The second-order valence-corrected chi connectivity index (χ2v) is 7.06. The minimum atomic E-state index is 0. The van der Waals surface area contributed by atoms with E-state index >= 15 is 0 Å². The Kier molecular flexibility index (Phi) is 5.32. The van der Waals surface area contributed by atoms with E-state index in [0.717, 1.165) is 43.2 Å². The van der Waals surface area contributed by atoms with Gasteiger partial charge in [-0.05, 0) is 42.5 Å². The molecule has 0 unspecified atom stereocenters. The number of hydrogen-bond acceptors (Lipinski definition) is 4. The molecule has 25 heavy (non-hydrogen) atoms. The highest BCUT2D eigenvalue weighted by Crippen LogP contribution is 2.33. The highest BCUT2D eigenvalue weighted by atomic mass is 79.9. The van der Waals surface area contributed by atoms with Crippen LogP contribution in [-0.4, -0.2) is 17.1 Å². The fourth-order valence-corrected chi connectivity index (χ4v) is 3.65. The fourth-order valence-electron chi connectivity index (χ4n) is 2.56. The van der Waals surface area contributed by atoms with Crippen molar-refractivity contribution >= 4 is 61.4 Å². The summed E-state index contributed by atoms with van der Waals surface area (Å²) >= 11 is 5.12. The third-order valence-corrected chi connectivity index (χ3v) is 5.02. The monoisotopic (exact) mass is 435 g/mol. The van der Waals surface area contributed by atoms with Crippen molar-refractivity contribution in [3.8, 4) is 17.0 Å². The number of methoxy groups -OCH3 is 1. The van der Waals surface area contributed by atoms with Gasteiger partial charge < -0.3 is 15.0 Å². The van der Waals surface area contributed by atoms with Gasteiger partial charge in [0.05, 0.1) is 12.8 Å². The van der Waals surface area contributed by atoms with Crippen molar-refractivity contribution in [1.29, 1.82) is 0 Å². The number of hydrogen-bond donors (Lipinski definition) is 2. The molecule has 0 radical (unpaired) electrons. The van der Waals surface area contributed by atoms with Crippen molar-refractivity contribution in [1.82, 2.24) is 9.97 Å². The first kappa shape index (κ1) is 17.8. The van der Waals surface area contributed by atoms with Crippen LogP contribution in [0.4, 0.5) is 10.8 Å². The maximum Gasteiger partial charge on any atom is 0.187 e. The maximum atomic E-state index is 5.17. The molecule has 0 aliphatic rings. The van der Waals surface area contributed by atoms with Crippen LogP contribution in [0.25, 0.3) is 22.2 Å². The molecule has 0 spiro atoms. The smallest absolute Gasteiger partial charge is 0.187 e. The van der Waals surface area contributed by atoms with Crippen LogP contribution in [-0.2, 0) is 0 Å². The Labute approximate surface area is 163 Å². The van der Waals surface area contributed by atoms with Gasteiger partial charge in [0.15, 0.2) is 5.13 Å². The molecule has 128 valence electrons. The molecule has 0 aliphatic carbocycles. The van der Waals surface area contributed by atoms with Crippen LogP contribution in [0.5, 0.6) is 5.75 Å². The lowest BCUT2D eigenvalue weighted by molar-refractivity contribution is 0.415. The van der Waals surface area contributed by atoms with Crippen LogP contribution >= 0.6 is 39.7 Å². The summed E-state index contributed by atoms with van der Waals surface area (Å²) in [7, 11) is 1.66. The molecule has 0 amide bonds. The number of H-pyrrole nitrogens is 1. The molecule has 0 bridgehead atoms. The Bertz CT molecular complexity index is 997. The van der Waals surface area contributed by atoms with Gasteiger partial charge in [0.25, 0.3) is 0 Å². The molecule has 2 aromatic carbocycles. The van der Waals surface area contributed by atoms with Crippen LogP contribution in [0.3, 0.4) is 0 Å². The summed E-state index contributed by atoms with van der Waals surface area (Å²) in [6, 6.07) is 14.0. The van der Waals surface area contributed by atoms with Crippen molar-refractivity contribution in [2.45, 2.75) is 0 Å². The third kappa shape index (κ3) is 3.66. The molecule has 0 fully saturated rings. The van der Waals surface area contributed by atoms with Crippen LogP contribution in [0.1, 0.15) is 0 Å². The Morgan fingerprint density at radius 3 is 2.72 bits per heavy atom. The number of fused-ring (bicyclic) bond motifs is 1. The van der Waals surface area contributed by atoms with E-state index in [1.165, 1.54) is 0 Å². The van der Waals surface area contributed by atoms with E-state index in [1.807, 2.05) is 36.5 Å². The molecule has 0 saturated heterocycles. The van der Waals surface area contributed by atoms with Crippen LogP contribution in [0.15, 0.2) is 58.5 Å². The molecule has 2 heterocycles. The molecule has 7 heteroatoms. The summed E-state index contributed by atoms with van der Waals surface area (Å²) in [5.74, 6) is 0.838. The van der Waals surface area contributed by atoms with E-state index in [-0.39, 0.29) is 12.4 Å². The molecule has 4 aromatic rings. The summed E-state index contributed by atoms with van der Waals surface area (Å²) in [6.07, 6.45) is 2.00. The van der Waals surface area contributed by atoms with Gasteiger partial charge in [0.1, 0.15) is 5.75 Å². The zero-order valence-corrected chi connectivity index (χ0v) is 16.5. The van der Waals surface area contributed by atoms with Gasteiger partial charge in [0.2, 0.25) is 0 Å². The van der Waals surface area contributed by atoms with E-state index in [9.17, 15) is 0 Å². The molecular formula is C18H15BrClN3OS. The Hall–Kier alpha value is -2.02. The van der Waals surface area contributed by atoms with E-state index < -0.39 is 0 Å². The minimum Gasteiger partial charge on any atom is -0.497 e. The van der Waals surface area contributed by atoms with Crippen LogP contribution in [0.2, 0.25) is 0 Å². The first-order valence-corrected chi connectivity index (χ1v) is 9.04. The van der Waals surface area contributed by atoms with Crippen molar-refractivity contribution in [2.75, 3.05) is 12.4 Å². The lowest BCUT2D eigenvalue weighted by Gasteiger charge is -2.03. The lowest BCUT2D eigenvalue weighted by atomic mass is 10.1. The number of nitrogens with zero attached hydrogens (tertiary/aromatic N) is 1. The lowest BCUT2D eigenvalue weighted by Crippen LogP contribution is -1.90. The summed E-state index contributed by atoms with van der Waals surface area (Å²) in [6.45, 7) is 0. The number of thiazole rings is 1. The number of nitrogens with one attached hydrogen (secondary N) is 2. The minimum absolute atomic E-state index is 0. The number of anilines is 2. The van der Waals surface area contributed by atoms with Crippen LogP contribution in [0, 0.1) is 0 Å². The molecule has 0 aliphatic heterocycles. The quantitative estimate of drug-likeness (QED) is 0.399.